The van der Waals surface area contributed by atoms with Crippen molar-refractivity contribution in [3.63, 3.8) is 0 Å². The summed E-state index contributed by atoms with van der Waals surface area (Å²) < 4.78 is 0. The minimum atomic E-state index is -0.434. The Hall–Kier alpha value is -1.34. The van der Waals surface area contributed by atoms with Crippen LogP contribution >= 0.6 is 11.8 Å². The molecule has 0 aromatic carbocycles. The number of thioether (sulfide) groups is 1. The molecule has 0 atom stereocenters. The second-order valence-electron chi connectivity index (χ2n) is 3.67. The van der Waals surface area contributed by atoms with Gasteiger partial charge >= 0.3 is 0 Å². The monoisotopic (exact) mass is 271 g/mol. The van der Waals surface area contributed by atoms with Crippen molar-refractivity contribution in [3.05, 3.63) is 27.9 Å². The van der Waals surface area contributed by atoms with Crippen LogP contribution in [-0.2, 0) is 0 Å². The van der Waals surface area contributed by atoms with Crippen LogP contribution in [0.3, 0.4) is 0 Å². The van der Waals surface area contributed by atoms with Crippen LogP contribution in [0.15, 0.2) is 12.1 Å². The molecule has 0 amide bonds. The molecule has 0 spiro atoms. The fourth-order valence-electron chi connectivity index (χ4n) is 1.37. The zero-order chi connectivity index (χ0) is 13.4. The molecule has 0 aliphatic heterocycles. The Morgan fingerprint density at radius 3 is 2.89 bits per heavy atom. The van der Waals surface area contributed by atoms with Gasteiger partial charge in [-0.2, -0.15) is 11.8 Å². The number of nitro groups is 1. The number of aliphatic hydroxyl groups is 1. The molecule has 100 valence electrons. The van der Waals surface area contributed by atoms with E-state index in [4.69, 9.17) is 5.11 Å². The van der Waals surface area contributed by atoms with Crippen LogP contribution in [-0.4, -0.2) is 39.7 Å². The third-order valence-electron chi connectivity index (χ3n) is 2.25. The summed E-state index contributed by atoms with van der Waals surface area (Å²) in [5, 5.41) is 22.3. The molecule has 1 heterocycles. The van der Waals surface area contributed by atoms with Crippen molar-refractivity contribution in [1.82, 2.24) is 4.98 Å². The fraction of sp³-hybridized carbons (Fsp3) is 0.545. The van der Waals surface area contributed by atoms with Crippen molar-refractivity contribution in [2.24, 2.45) is 0 Å². The molecule has 0 fully saturated rings. The molecule has 0 aliphatic rings. The van der Waals surface area contributed by atoms with E-state index in [-0.39, 0.29) is 12.3 Å². The lowest BCUT2D eigenvalue weighted by molar-refractivity contribution is -0.385. The number of aryl methyl sites for hydroxylation is 1. The maximum Gasteiger partial charge on any atom is 0.290 e. The first kappa shape index (κ1) is 14.7. The zero-order valence-corrected chi connectivity index (χ0v) is 11.1. The summed E-state index contributed by atoms with van der Waals surface area (Å²) in [7, 11) is 0. The summed E-state index contributed by atoms with van der Waals surface area (Å²) in [4.78, 5) is 14.3. The van der Waals surface area contributed by atoms with Crippen molar-refractivity contribution in [1.29, 1.82) is 0 Å². The lowest BCUT2D eigenvalue weighted by Crippen LogP contribution is -2.07. The van der Waals surface area contributed by atoms with Crippen LogP contribution in [0.25, 0.3) is 0 Å². The quantitative estimate of drug-likeness (QED) is 0.426. The van der Waals surface area contributed by atoms with Crippen LogP contribution in [0, 0.1) is 17.0 Å². The second kappa shape index (κ2) is 7.88. The number of hydrogen-bond donors (Lipinski definition) is 2. The van der Waals surface area contributed by atoms with Gasteiger partial charge in [-0.25, -0.2) is 4.98 Å². The molecular formula is C11H17N3O3S. The molecule has 1 aromatic heterocycles. The molecular weight excluding hydrogens is 254 g/mol. The number of anilines is 1. The van der Waals surface area contributed by atoms with Gasteiger partial charge in [0, 0.05) is 25.0 Å². The van der Waals surface area contributed by atoms with Crippen LogP contribution in [0.1, 0.15) is 12.1 Å². The Morgan fingerprint density at radius 2 is 2.28 bits per heavy atom. The minimum Gasteiger partial charge on any atom is -0.396 e. The molecule has 6 nitrogen and oxygen atoms in total. The van der Waals surface area contributed by atoms with Gasteiger partial charge in [0.05, 0.1) is 4.92 Å². The minimum absolute atomic E-state index is 0.0397. The predicted octanol–water partition coefficient (Wildman–Crippen LogP) is 1.83. The summed E-state index contributed by atoms with van der Waals surface area (Å²) in [5.41, 5.74) is 0.454. The van der Waals surface area contributed by atoms with Crippen molar-refractivity contribution < 1.29 is 10.0 Å². The summed E-state index contributed by atoms with van der Waals surface area (Å²) in [6.45, 7) is 2.60. The Kier molecular flexibility index (Phi) is 6.45. The molecule has 0 bridgehead atoms. The highest BCUT2D eigenvalue weighted by atomic mass is 32.2. The third-order valence-corrected chi connectivity index (χ3v) is 3.32. The van der Waals surface area contributed by atoms with Crippen molar-refractivity contribution in [2.45, 2.75) is 13.3 Å². The van der Waals surface area contributed by atoms with Crippen molar-refractivity contribution in [2.75, 3.05) is 30.0 Å². The average Bonchev–Trinajstić information content (AvgIpc) is 2.33. The van der Waals surface area contributed by atoms with E-state index >= 15 is 0 Å². The number of aliphatic hydroxyl groups excluding tert-OH is 1. The van der Waals surface area contributed by atoms with Gasteiger partial charge in [0.2, 0.25) is 0 Å². The summed E-state index contributed by atoms with van der Waals surface area (Å²) in [6, 6.07) is 3.08. The van der Waals surface area contributed by atoms with Gasteiger partial charge in [-0.05, 0) is 25.2 Å². The van der Waals surface area contributed by atoms with Gasteiger partial charge in [-0.1, -0.05) is 0 Å². The standard InChI is InChI=1S/C11H17N3O3S/c1-9-10(14(16)17)3-4-11(13-9)12-5-8-18-7-2-6-15/h3-4,15H,2,5-8H2,1H3,(H,12,13). The van der Waals surface area contributed by atoms with Gasteiger partial charge in [-0.3, -0.25) is 10.1 Å². The Labute approximate surface area is 110 Å². The molecule has 18 heavy (non-hydrogen) atoms. The van der Waals surface area contributed by atoms with Gasteiger partial charge in [0.1, 0.15) is 11.5 Å². The first-order valence-corrected chi connectivity index (χ1v) is 6.85. The summed E-state index contributed by atoms with van der Waals surface area (Å²) in [5.74, 6) is 2.50. The van der Waals surface area contributed by atoms with Crippen molar-refractivity contribution >= 4 is 23.3 Å². The summed E-state index contributed by atoms with van der Waals surface area (Å²) >= 11 is 1.75. The van der Waals surface area contributed by atoms with Crippen LogP contribution in [0.2, 0.25) is 0 Å². The van der Waals surface area contributed by atoms with E-state index in [0.717, 1.165) is 24.5 Å². The molecule has 0 saturated carbocycles. The van der Waals surface area contributed by atoms with E-state index in [1.165, 1.54) is 6.07 Å². The average molecular weight is 271 g/mol. The largest absolute Gasteiger partial charge is 0.396 e. The number of hydrogen-bond acceptors (Lipinski definition) is 6. The molecule has 1 rings (SSSR count). The Morgan fingerprint density at radius 1 is 1.50 bits per heavy atom. The van der Waals surface area contributed by atoms with E-state index in [9.17, 15) is 10.1 Å². The first-order chi connectivity index (χ1) is 8.65. The topological polar surface area (TPSA) is 88.3 Å². The van der Waals surface area contributed by atoms with Crippen LogP contribution < -0.4 is 5.32 Å². The highest BCUT2D eigenvalue weighted by molar-refractivity contribution is 7.99. The number of pyridine rings is 1. The highest BCUT2D eigenvalue weighted by Crippen LogP contribution is 2.17. The van der Waals surface area contributed by atoms with E-state index in [1.807, 2.05) is 0 Å². The van der Waals surface area contributed by atoms with Crippen molar-refractivity contribution in [3.8, 4) is 0 Å². The molecule has 1 aromatic rings. The SMILES string of the molecule is Cc1nc(NCCSCCCO)ccc1[N+](=O)[O-]. The second-order valence-corrected chi connectivity index (χ2v) is 4.90. The van der Waals surface area contributed by atoms with Gasteiger partial charge in [0.25, 0.3) is 5.69 Å². The first-order valence-electron chi connectivity index (χ1n) is 5.69. The van der Waals surface area contributed by atoms with Gasteiger partial charge < -0.3 is 10.4 Å². The maximum absolute atomic E-state index is 10.6. The van der Waals surface area contributed by atoms with E-state index in [2.05, 4.69) is 10.3 Å². The number of rotatable bonds is 8. The Bertz CT molecular complexity index is 401. The fourth-order valence-corrected chi connectivity index (χ4v) is 2.15. The normalized spacial score (nSPS) is 10.3. The van der Waals surface area contributed by atoms with E-state index < -0.39 is 4.92 Å². The lowest BCUT2D eigenvalue weighted by Gasteiger charge is -2.06. The lowest BCUT2D eigenvalue weighted by atomic mass is 10.3. The highest BCUT2D eigenvalue weighted by Gasteiger charge is 2.11. The molecule has 0 unspecified atom stereocenters. The molecule has 0 saturated heterocycles. The number of nitrogens with one attached hydrogen (secondary N) is 1. The molecule has 0 radical (unpaired) electrons. The smallest absolute Gasteiger partial charge is 0.290 e. The van der Waals surface area contributed by atoms with Gasteiger partial charge in [-0.15, -0.1) is 0 Å². The maximum atomic E-state index is 10.6. The summed E-state index contributed by atoms with van der Waals surface area (Å²) in [6.07, 6.45) is 0.805. The zero-order valence-electron chi connectivity index (χ0n) is 10.3. The Balaban J connectivity index is 2.35. The third kappa shape index (κ3) is 4.89. The number of nitrogens with zero attached hydrogens (tertiary/aromatic N) is 2. The number of aromatic nitrogens is 1. The molecule has 0 aliphatic carbocycles. The van der Waals surface area contributed by atoms with E-state index in [1.54, 1.807) is 24.8 Å². The predicted molar refractivity (Wildman–Crippen MR) is 73.1 cm³/mol. The molecule has 7 heteroatoms. The van der Waals surface area contributed by atoms with Gasteiger partial charge in [0.15, 0.2) is 0 Å². The molecule has 2 N–H and O–H groups in total. The van der Waals surface area contributed by atoms with Crippen LogP contribution in [0.4, 0.5) is 11.5 Å². The van der Waals surface area contributed by atoms with Crippen LogP contribution in [0.5, 0.6) is 0 Å². The van der Waals surface area contributed by atoms with E-state index in [0.29, 0.717) is 11.5 Å².